The smallest absolute Gasteiger partial charge is 0.243 e. The van der Waals surface area contributed by atoms with Crippen LogP contribution in [0.5, 0.6) is 0 Å². The maximum Gasteiger partial charge on any atom is 0.243 e. The largest absolute Gasteiger partial charge is 0.354 e. The molecule has 150 valence electrons. The highest BCUT2D eigenvalue weighted by Gasteiger charge is 2.32. The minimum atomic E-state index is -0.563. The Morgan fingerprint density at radius 2 is 2.07 bits per heavy atom. The molecule has 1 aromatic carbocycles. The summed E-state index contributed by atoms with van der Waals surface area (Å²) in [7, 11) is 0. The van der Waals surface area contributed by atoms with Gasteiger partial charge in [0.15, 0.2) is 5.65 Å². The summed E-state index contributed by atoms with van der Waals surface area (Å²) in [6, 6.07) is 11.2. The number of carbonyl (C=O) groups is 2. The Hall–Kier alpha value is -2.94. The first-order valence-electron chi connectivity index (χ1n) is 9.33. The number of amides is 2. The number of thioether (sulfide) groups is 1. The molecule has 0 radical (unpaired) electrons. The van der Waals surface area contributed by atoms with Crippen LogP contribution in [0.2, 0.25) is 0 Å². The lowest BCUT2D eigenvalue weighted by molar-refractivity contribution is -0.128. The van der Waals surface area contributed by atoms with Crippen LogP contribution in [0.3, 0.4) is 0 Å². The molecule has 0 spiro atoms. The molecule has 9 heteroatoms. The van der Waals surface area contributed by atoms with Crippen molar-refractivity contribution < 1.29 is 14.0 Å². The molecule has 2 N–H and O–H groups in total. The lowest BCUT2D eigenvalue weighted by atomic mass is 10.1. The highest BCUT2D eigenvalue weighted by atomic mass is 32.2. The number of hydrogen-bond acceptors (Lipinski definition) is 5. The maximum absolute atomic E-state index is 13.0. The van der Waals surface area contributed by atoms with E-state index in [-0.39, 0.29) is 22.9 Å². The zero-order valence-corrected chi connectivity index (χ0v) is 16.4. The molecule has 1 aliphatic heterocycles. The Labute approximate surface area is 171 Å². The minimum Gasteiger partial charge on any atom is -0.354 e. The molecule has 0 aliphatic carbocycles. The van der Waals surface area contributed by atoms with Gasteiger partial charge in [-0.1, -0.05) is 18.2 Å². The molecule has 1 fully saturated rings. The fourth-order valence-corrected chi connectivity index (χ4v) is 4.39. The van der Waals surface area contributed by atoms with Gasteiger partial charge in [-0.25, -0.2) is 4.39 Å². The lowest BCUT2D eigenvalue weighted by Crippen LogP contribution is -2.54. The number of nitrogens with zero attached hydrogens (tertiary/aromatic N) is 3. The van der Waals surface area contributed by atoms with Crippen molar-refractivity contribution in [3.8, 4) is 0 Å². The van der Waals surface area contributed by atoms with E-state index in [9.17, 15) is 14.0 Å². The Morgan fingerprint density at radius 3 is 2.86 bits per heavy atom. The topological polar surface area (TPSA) is 88.4 Å². The van der Waals surface area contributed by atoms with Crippen LogP contribution in [0.4, 0.5) is 4.39 Å². The number of hydrogen-bond donors (Lipinski definition) is 2. The molecule has 2 unspecified atom stereocenters. The van der Waals surface area contributed by atoms with Gasteiger partial charge in [-0.05, 0) is 36.2 Å². The summed E-state index contributed by atoms with van der Waals surface area (Å²) >= 11 is 1.45. The number of carbonyl (C=O) groups excluding carboxylic acids is 2. The Morgan fingerprint density at radius 1 is 1.24 bits per heavy atom. The highest BCUT2D eigenvalue weighted by molar-refractivity contribution is 8.00. The Bertz CT molecular complexity index is 1020. The van der Waals surface area contributed by atoms with E-state index in [0.717, 1.165) is 17.0 Å². The average molecular weight is 413 g/mol. The van der Waals surface area contributed by atoms with Gasteiger partial charge < -0.3 is 10.6 Å². The van der Waals surface area contributed by atoms with Gasteiger partial charge in [0.05, 0.1) is 5.25 Å². The predicted octanol–water partition coefficient (Wildman–Crippen LogP) is 1.37. The first-order chi connectivity index (χ1) is 14.1. The van der Waals surface area contributed by atoms with Crippen molar-refractivity contribution in [3.63, 3.8) is 0 Å². The quantitative estimate of drug-likeness (QED) is 0.637. The first-order valence-corrected chi connectivity index (χ1v) is 10.4. The van der Waals surface area contributed by atoms with E-state index in [1.165, 1.54) is 23.9 Å². The zero-order chi connectivity index (χ0) is 20.2. The van der Waals surface area contributed by atoms with Crippen LogP contribution in [0.15, 0.2) is 48.7 Å². The van der Waals surface area contributed by atoms with Crippen molar-refractivity contribution in [2.75, 3.05) is 12.3 Å². The molecule has 3 heterocycles. The van der Waals surface area contributed by atoms with Gasteiger partial charge >= 0.3 is 0 Å². The van der Waals surface area contributed by atoms with Crippen LogP contribution in [-0.2, 0) is 22.4 Å². The fourth-order valence-electron chi connectivity index (χ4n) is 3.20. The summed E-state index contributed by atoms with van der Waals surface area (Å²) in [4.78, 5) is 24.8. The van der Waals surface area contributed by atoms with Crippen LogP contribution in [0.1, 0.15) is 11.4 Å². The van der Waals surface area contributed by atoms with Crippen molar-refractivity contribution in [2.45, 2.75) is 24.1 Å². The van der Waals surface area contributed by atoms with Gasteiger partial charge in [-0.2, -0.15) is 0 Å². The van der Waals surface area contributed by atoms with E-state index in [2.05, 4.69) is 20.8 Å². The number of aromatic nitrogens is 3. The monoisotopic (exact) mass is 413 g/mol. The van der Waals surface area contributed by atoms with Crippen LogP contribution in [0.25, 0.3) is 5.65 Å². The lowest BCUT2D eigenvalue weighted by Gasteiger charge is -2.28. The van der Waals surface area contributed by atoms with Crippen molar-refractivity contribution in [3.05, 3.63) is 65.9 Å². The number of nitrogens with one attached hydrogen (secondary N) is 2. The van der Waals surface area contributed by atoms with Crippen LogP contribution in [0, 0.1) is 5.82 Å². The number of halogens is 1. The van der Waals surface area contributed by atoms with Crippen molar-refractivity contribution in [1.29, 1.82) is 0 Å². The molecule has 4 rings (SSSR count). The van der Waals surface area contributed by atoms with Crippen LogP contribution < -0.4 is 10.6 Å². The average Bonchev–Trinajstić information content (AvgIpc) is 3.14. The van der Waals surface area contributed by atoms with Gasteiger partial charge in [-0.15, -0.1) is 22.0 Å². The highest BCUT2D eigenvalue weighted by Crippen LogP contribution is 2.22. The SMILES string of the molecule is O=C(NCCc1nnc2ccccn12)C1CSC(Cc2ccc(F)cc2)C(=O)N1. The fraction of sp³-hybridized carbons (Fsp3) is 0.300. The van der Waals surface area contributed by atoms with E-state index in [1.54, 1.807) is 12.1 Å². The third-order valence-electron chi connectivity index (χ3n) is 4.76. The van der Waals surface area contributed by atoms with Crippen molar-refractivity contribution in [1.82, 2.24) is 25.2 Å². The minimum absolute atomic E-state index is 0.172. The van der Waals surface area contributed by atoms with E-state index in [0.29, 0.717) is 25.1 Å². The predicted molar refractivity (Wildman–Crippen MR) is 108 cm³/mol. The number of fused-ring (bicyclic) bond motifs is 1. The summed E-state index contributed by atoms with van der Waals surface area (Å²) in [6.07, 6.45) is 2.93. The number of rotatable bonds is 6. The third kappa shape index (κ3) is 4.56. The Balaban J connectivity index is 1.26. The van der Waals surface area contributed by atoms with E-state index in [1.807, 2.05) is 28.8 Å². The summed E-state index contributed by atoms with van der Waals surface area (Å²) in [5, 5.41) is 13.6. The first kappa shape index (κ1) is 19.4. The molecule has 2 amide bonds. The molecule has 1 saturated heterocycles. The zero-order valence-electron chi connectivity index (χ0n) is 15.5. The second-order valence-corrected chi connectivity index (χ2v) is 8.04. The molecule has 2 aromatic heterocycles. The third-order valence-corrected chi connectivity index (χ3v) is 6.06. The van der Waals surface area contributed by atoms with Crippen LogP contribution in [-0.4, -0.2) is 50.0 Å². The molecule has 29 heavy (non-hydrogen) atoms. The molecule has 1 aliphatic rings. The number of benzene rings is 1. The molecular weight excluding hydrogens is 393 g/mol. The molecule has 7 nitrogen and oxygen atoms in total. The van der Waals surface area contributed by atoms with Gasteiger partial charge in [0.25, 0.3) is 0 Å². The van der Waals surface area contributed by atoms with E-state index in [4.69, 9.17) is 0 Å². The summed E-state index contributed by atoms with van der Waals surface area (Å²) in [6.45, 7) is 0.407. The van der Waals surface area contributed by atoms with E-state index < -0.39 is 6.04 Å². The standard InChI is InChI=1S/C20H20FN5O2S/c21-14-6-4-13(5-7-14)11-16-20(28)23-15(12-29-16)19(27)22-9-8-18-25-24-17-3-1-2-10-26(17)18/h1-7,10,15-16H,8-9,11-12H2,(H,22,27)(H,23,28). The summed E-state index contributed by atoms with van der Waals surface area (Å²) in [5.74, 6) is 0.582. The van der Waals surface area contributed by atoms with Gasteiger partial charge in [0.2, 0.25) is 11.8 Å². The molecular formula is C20H20FN5O2S. The normalized spacial score (nSPS) is 19.1. The second kappa shape index (κ2) is 8.60. The van der Waals surface area contributed by atoms with Crippen molar-refractivity contribution in [2.24, 2.45) is 0 Å². The molecule has 0 saturated carbocycles. The van der Waals surface area contributed by atoms with Crippen LogP contribution >= 0.6 is 11.8 Å². The molecule has 2 atom stereocenters. The van der Waals surface area contributed by atoms with Crippen molar-refractivity contribution >= 4 is 29.2 Å². The molecule has 0 bridgehead atoms. The van der Waals surface area contributed by atoms with Gasteiger partial charge in [-0.3, -0.25) is 14.0 Å². The Kier molecular flexibility index (Phi) is 5.75. The summed E-state index contributed by atoms with van der Waals surface area (Å²) in [5.41, 5.74) is 1.65. The molecule has 3 aromatic rings. The van der Waals surface area contributed by atoms with E-state index >= 15 is 0 Å². The number of pyridine rings is 1. The summed E-state index contributed by atoms with van der Waals surface area (Å²) < 4.78 is 14.9. The van der Waals surface area contributed by atoms with Gasteiger partial charge in [0.1, 0.15) is 17.7 Å². The maximum atomic E-state index is 13.0. The second-order valence-electron chi connectivity index (χ2n) is 6.80. The van der Waals surface area contributed by atoms with Gasteiger partial charge in [0, 0.05) is 24.9 Å².